The van der Waals surface area contributed by atoms with Crippen molar-refractivity contribution in [3.63, 3.8) is 0 Å². The van der Waals surface area contributed by atoms with E-state index in [4.69, 9.17) is 18.9 Å². The first-order valence-corrected chi connectivity index (χ1v) is 36.5. The second-order valence-electron chi connectivity index (χ2n) is 25.9. The molecule has 0 spiro atoms. The van der Waals surface area contributed by atoms with Gasteiger partial charge >= 0.3 is 17.9 Å². The van der Waals surface area contributed by atoms with Gasteiger partial charge in [0.15, 0.2) is 6.10 Å². The first-order chi connectivity index (χ1) is 41.6. The smallest absolute Gasteiger partial charge is 0.361 e. The molecule has 0 fully saturated rings. The molecule has 0 amide bonds. The molecule has 0 aromatic heterocycles. The van der Waals surface area contributed by atoms with Crippen molar-refractivity contribution in [2.24, 2.45) is 0 Å². The van der Waals surface area contributed by atoms with Crippen molar-refractivity contribution in [2.45, 2.75) is 360 Å². The molecule has 2 unspecified atom stereocenters. The average Bonchev–Trinajstić information content (AvgIpc) is 3.49. The Hall–Kier alpha value is -3.01. The third kappa shape index (κ3) is 68.3. The highest BCUT2D eigenvalue weighted by Gasteiger charge is 2.25. The van der Waals surface area contributed by atoms with E-state index in [0.29, 0.717) is 23.9 Å². The molecule has 0 saturated heterocycles. The van der Waals surface area contributed by atoms with E-state index in [0.717, 1.165) is 64.2 Å². The van der Waals surface area contributed by atoms with Crippen molar-refractivity contribution < 1.29 is 42.9 Å². The fourth-order valence-corrected chi connectivity index (χ4v) is 10.6. The first-order valence-electron chi connectivity index (χ1n) is 36.5. The Morgan fingerprint density at radius 3 is 0.941 bits per heavy atom. The van der Waals surface area contributed by atoms with Crippen LogP contribution in [0, 0.1) is 0 Å². The number of carboxylic acid groups (broad SMARTS) is 1. The van der Waals surface area contributed by atoms with Crippen LogP contribution < -0.4 is 0 Å². The van der Waals surface area contributed by atoms with Crippen molar-refractivity contribution in [3.8, 4) is 0 Å². The molecular weight excluding hydrogens is 1050 g/mol. The van der Waals surface area contributed by atoms with Crippen molar-refractivity contribution >= 4 is 17.9 Å². The second kappa shape index (κ2) is 66.9. The third-order valence-electron chi connectivity index (χ3n) is 16.2. The number of nitrogens with zero attached hydrogens (tertiary/aromatic N) is 1. The molecule has 9 nitrogen and oxygen atoms in total. The number of hydrogen-bond donors (Lipinski definition) is 1. The Bertz CT molecular complexity index is 1580. The summed E-state index contributed by atoms with van der Waals surface area (Å²) in [5.74, 6) is -2.00. The number of rotatable bonds is 68. The highest BCUT2D eigenvalue weighted by Crippen LogP contribution is 2.18. The van der Waals surface area contributed by atoms with Gasteiger partial charge in [-0.05, 0) is 83.5 Å². The summed E-state index contributed by atoms with van der Waals surface area (Å²) in [6, 6.07) is 0. The van der Waals surface area contributed by atoms with Crippen LogP contribution in [0.3, 0.4) is 0 Å². The molecule has 0 rings (SSSR count). The molecule has 2 atom stereocenters. The van der Waals surface area contributed by atoms with Gasteiger partial charge in [0.25, 0.3) is 6.29 Å². The molecule has 496 valence electrons. The van der Waals surface area contributed by atoms with Crippen LogP contribution in [-0.4, -0.2) is 87.4 Å². The SMILES string of the molecule is CCCCCCC/C=C\C/C=C\C/C=C\CCCCCCCCCCC(=O)OC(COC(=O)CCCCCCCCCCCCCCCCCCCCCCCCCCC/C=C\C/C=C\CCCCCCC)COC(OCC[N+](C)(C)C)C(=O)O. The highest BCUT2D eigenvalue weighted by molar-refractivity contribution is 5.71. The average molecular weight is 1200 g/mol. The molecule has 0 aliphatic carbocycles. The monoisotopic (exact) mass is 1200 g/mol. The second-order valence-corrected chi connectivity index (χ2v) is 25.9. The van der Waals surface area contributed by atoms with E-state index in [-0.39, 0.29) is 32.2 Å². The third-order valence-corrected chi connectivity index (χ3v) is 16.2. The zero-order valence-electron chi connectivity index (χ0n) is 56.8. The lowest BCUT2D eigenvalue weighted by atomic mass is 10.0. The Balaban J connectivity index is 4.01. The number of hydrogen-bond acceptors (Lipinski definition) is 7. The zero-order chi connectivity index (χ0) is 61.9. The summed E-state index contributed by atoms with van der Waals surface area (Å²) < 4.78 is 23.0. The van der Waals surface area contributed by atoms with E-state index in [1.165, 1.54) is 250 Å². The summed E-state index contributed by atoms with van der Waals surface area (Å²) in [7, 11) is 5.98. The van der Waals surface area contributed by atoms with Crippen LogP contribution in [0.25, 0.3) is 0 Å². The maximum absolute atomic E-state index is 12.9. The number of quaternary nitrogens is 1. The summed E-state index contributed by atoms with van der Waals surface area (Å²) in [5.41, 5.74) is 0. The summed E-state index contributed by atoms with van der Waals surface area (Å²) in [5, 5.41) is 9.74. The first kappa shape index (κ1) is 82.0. The van der Waals surface area contributed by atoms with Gasteiger partial charge in [0.05, 0.1) is 34.4 Å². The van der Waals surface area contributed by atoms with Gasteiger partial charge in [0.2, 0.25) is 0 Å². The number of carbonyl (C=O) groups excluding carboxylic acids is 2. The van der Waals surface area contributed by atoms with Gasteiger partial charge in [0.1, 0.15) is 13.2 Å². The molecule has 85 heavy (non-hydrogen) atoms. The summed E-state index contributed by atoms with van der Waals surface area (Å²) >= 11 is 0. The molecule has 0 bridgehead atoms. The minimum absolute atomic E-state index is 0.183. The van der Waals surface area contributed by atoms with Gasteiger partial charge in [-0.15, -0.1) is 0 Å². The predicted octanol–water partition coefficient (Wildman–Crippen LogP) is 22.7. The van der Waals surface area contributed by atoms with E-state index in [9.17, 15) is 19.5 Å². The minimum atomic E-state index is -1.51. The van der Waals surface area contributed by atoms with Crippen LogP contribution >= 0.6 is 0 Å². The van der Waals surface area contributed by atoms with Gasteiger partial charge in [-0.2, -0.15) is 0 Å². The topological polar surface area (TPSA) is 108 Å². The van der Waals surface area contributed by atoms with Crippen LogP contribution in [0.1, 0.15) is 348 Å². The zero-order valence-corrected chi connectivity index (χ0v) is 56.8. The summed E-state index contributed by atoms with van der Waals surface area (Å²) in [6.45, 7) is 4.89. The van der Waals surface area contributed by atoms with Crippen molar-refractivity contribution in [2.75, 3.05) is 47.5 Å². The highest BCUT2D eigenvalue weighted by atomic mass is 16.7. The number of likely N-dealkylation sites (N-methyl/N-ethyl adjacent to an activating group) is 1. The molecule has 0 aliphatic heterocycles. The Labute approximate surface area is 526 Å². The van der Waals surface area contributed by atoms with E-state index in [1.54, 1.807) is 0 Å². The van der Waals surface area contributed by atoms with Crippen molar-refractivity contribution in [1.29, 1.82) is 0 Å². The summed E-state index contributed by atoms with van der Waals surface area (Å²) in [6.07, 6.45) is 84.9. The van der Waals surface area contributed by atoms with Gasteiger partial charge in [-0.25, -0.2) is 4.79 Å². The van der Waals surface area contributed by atoms with Gasteiger partial charge in [-0.1, -0.05) is 312 Å². The van der Waals surface area contributed by atoms with E-state index in [2.05, 4.69) is 74.6 Å². The predicted molar refractivity (Wildman–Crippen MR) is 364 cm³/mol. The number of allylic oxidation sites excluding steroid dienone is 10. The number of ether oxygens (including phenoxy) is 4. The fraction of sp³-hybridized carbons (Fsp3) is 0.829. The van der Waals surface area contributed by atoms with E-state index < -0.39 is 24.3 Å². The van der Waals surface area contributed by atoms with Crippen molar-refractivity contribution in [3.05, 3.63) is 60.8 Å². The largest absolute Gasteiger partial charge is 0.477 e. The molecule has 0 radical (unpaired) electrons. The number of esters is 2. The lowest BCUT2D eigenvalue weighted by molar-refractivity contribution is -0.870. The van der Waals surface area contributed by atoms with Crippen LogP contribution in [0.15, 0.2) is 60.8 Å². The van der Waals surface area contributed by atoms with Gasteiger partial charge < -0.3 is 28.5 Å². The lowest BCUT2D eigenvalue weighted by Gasteiger charge is -2.25. The van der Waals surface area contributed by atoms with Crippen molar-refractivity contribution in [1.82, 2.24) is 0 Å². The van der Waals surface area contributed by atoms with Crippen LogP contribution in [0.2, 0.25) is 0 Å². The Morgan fingerprint density at radius 2 is 0.635 bits per heavy atom. The number of unbranched alkanes of at least 4 members (excludes halogenated alkanes) is 43. The number of carbonyl (C=O) groups is 3. The molecule has 0 heterocycles. The quantitative estimate of drug-likeness (QED) is 0.0211. The molecular formula is C76H140NO8+. The van der Waals surface area contributed by atoms with Crippen LogP contribution in [-0.2, 0) is 33.3 Å². The molecule has 9 heteroatoms. The number of carboxylic acids is 1. The standard InChI is InChI=1S/C76H139NO8/c1-6-8-10-12-14-16-18-20-22-24-26-28-30-31-32-33-34-35-36-37-38-39-40-41-42-43-45-46-48-50-52-54-56-58-60-62-64-66-73(78)83-70-72(71-84-76(75(80)81)82-69-68-77(3,4)5)85-74(79)67-65-63-61-59-57-55-53-51-49-47-44-29-27-25-23-21-19-17-15-13-11-9-7-2/h18-21,24-27,44,47,72,76H,6-17,22-23,28-43,45-46,48-71H2,1-5H3/p+1/b20-18-,21-19-,26-24-,27-25-,47-44-. The molecule has 0 aromatic carbocycles. The molecule has 0 aromatic rings. The Kier molecular flexibility index (Phi) is 64.6. The van der Waals surface area contributed by atoms with E-state index >= 15 is 0 Å². The molecule has 1 N–H and O–H groups in total. The normalized spacial score (nSPS) is 13.0. The van der Waals surface area contributed by atoms with Crippen LogP contribution in [0.4, 0.5) is 0 Å². The Morgan fingerprint density at radius 1 is 0.353 bits per heavy atom. The molecule has 0 aliphatic rings. The maximum Gasteiger partial charge on any atom is 0.361 e. The maximum atomic E-state index is 12.9. The minimum Gasteiger partial charge on any atom is -0.477 e. The lowest BCUT2D eigenvalue weighted by Crippen LogP contribution is -2.40. The van der Waals surface area contributed by atoms with Crippen LogP contribution in [0.5, 0.6) is 0 Å². The van der Waals surface area contributed by atoms with Gasteiger partial charge in [0, 0.05) is 12.8 Å². The number of aliphatic carboxylic acids is 1. The van der Waals surface area contributed by atoms with E-state index in [1.807, 2.05) is 21.1 Å². The van der Waals surface area contributed by atoms with Gasteiger partial charge in [-0.3, -0.25) is 9.59 Å². The summed E-state index contributed by atoms with van der Waals surface area (Å²) in [4.78, 5) is 37.6. The molecule has 0 saturated carbocycles. The fourth-order valence-electron chi connectivity index (χ4n) is 10.6.